The molecule has 0 unspecified atom stereocenters. The first kappa shape index (κ1) is 19.0. The van der Waals surface area contributed by atoms with E-state index in [2.05, 4.69) is 9.80 Å². The van der Waals surface area contributed by atoms with Crippen molar-refractivity contribution in [2.75, 3.05) is 26.2 Å². The van der Waals surface area contributed by atoms with Gasteiger partial charge in [0.05, 0.1) is 18.3 Å². The number of halogens is 1. The van der Waals surface area contributed by atoms with Crippen LogP contribution in [-0.2, 0) is 18.7 Å². The SMILES string of the molecule is O[C@@H]1CCN(Cc2nc(C3(O)CCN(Cc4ccc(F)cc4)CC3)cs2)C1. The van der Waals surface area contributed by atoms with E-state index in [4.69, 9.17) is 4.98 Å². The Morgan fingerprint density at radius 1 is 1.11 bits per heavy atom. The largest absolute Gasteiger partial charge is 0.392 e. The van der Waals surface area contributed by atoms with Crippen molar-refractivity contribution < 1.29 is 14.6 Å². The van der Waals surface area contributed by atoms with Crippen LogP contribution >= 0.6 is 11.3 Å². The van der Waals surface area contributed by atoms with Crippen LogP contribution in [0.15, 0.2) is 29.6 Å². The van der Waals surface area contributed by atoms with Gasteiger partial charge < -0.3 is 10.2 Å². The second-order valence-corrected chi connectivity index (χ2v) is 8.68. The Kier molecular flexibility index (Phi) is 5.57. The molecule has 0 aliphatic carbocycles. The van der Waals surface area contributed by atoms with E-state index in [0.29, 0.717) is 19.4 Å². The Labute approximate surface area is 163 Å². The first-order valence-corrected chi connectivity index (χ1v) is 10.4. The smallest absolute Gasteiger partial charge is 0.123 e. The van der Waals surface area contributed by atoms with Crippen LogP contribution in [0.2, 0.25) is 0 Å². The van der Waals surface area contributed by atoms with Crippen LogP contribution in [0.5, 0.6) is 0 Å². The molecule has 0 saturated carbocycles. The molecule has 0 radical (unpaired) electrons. The third kappa shape index (κ3) is 4.55. The van der Waals surface area contributed by atoms with Crippen molar-refractivity contribution >= 4 is 11.3 Å². The Morgan fingerprint density at radius 3 is 2.52 bits per heavy atom. The number of aromatic nitrogens is 1. The molecule has 7 heteroatoms. The Balaban J connectivity index is 1.33. The summed E-state index contributed by atoms with van der Waals surface area (Å²) < 4.78 is 13.0. The summed E-state index contributed by atoms with van der Waals surface area (Å²) in [5, 5.41) is 23.7. The number of likely N-dealkylation sites (tertiary alicyclic amines) is 2. The Bertz CT molecular complexity index is 759. The lowest BCUT2D eigenvalue weighted by atomic mass is 9.88. The number of nitrogens with zero attached hydrogens (tertiary/aromatic N) is 3. The molecule has 2 fully saturated rings. The van der Waals surface area contributed by atoms with Crippen LogP contribution in [0.1, 0.15) is 35.5 Å². The van der Waals surface area contributed by atoms with Crippen molar-refractivity contribution in [2.45, 2.75) is 44.1 Å². The minimum Gasteiger partial charge on any atom is -0.392 e. The summed E-state index contributed by atoms with van der Waals surface area (Å²) in [5.41, 5.74) is 1.01. The number of benzene rings is 1. The monoisotopic (exact) mass is 391 g/mol. The molecule has 2 aliphatic rings. The highest BCUT2D eigenvalue weighted by molar-refractivity contribution is 7.09. The first-order valence-electron chi connectivity index (χ1n) is 9.55. The zero-order valence-electron chi connectivity index (χ0n) is 15.4. The van der Waals surface area contributed by atoms with Gasteiger partial charge in [-0.15, -0.1) is 11.3 Å². The van der Waals surface area contributed by atoms with E-state index in [1.807, 2.05) is 17.5 Å². The van der Waals surface area contributed by atoms with Crippen molar-refractivity contribution in [3.63, 3.8) is 0 Å². The number of piperidine rings is 1. The molecule has 5 nitrogen and oxygen atoms in total. The summed E-state index contributed by atoms with van der Waals surface area (Å²) in [4.78, 5) is 9.20. The standard InChI is InChI=1S/C20H26FN3O2S/c21-16-3-1-15(2-4-16)11-23-9-6-20(26,7-10-23)18-14-27-19(22-18)13-24-8-5-17(25)12-24/h1-4,14,17,25-26H,5-13H2/t17-/m1/s1. The van der Waals surface area contributed by atoms with Gasteiger partial charge in [-0.25, -0.2) is 9.37 Å². The summed E-state index contributed by atoms with van der Waals surface area (Å²) >= 11 is 1.59. The second kappa shape index (κ2) is 7.93. The summed E-state index contributed by atoms with van der Waals surface area (Å²) in [6.07, 6.45) is 1.91. The average Bonchev–Trinajstić information content (AvgIpc) is 3.29. The van der Waals surface area contributed by atoms with E-state index in [-0.39, 0.29) is 11.9 Å². The average molecular weight is 392 g/mol. The highest BCUT2D eigenvalue weighted by Gasteiger charge is 2.36. The lowest BCUT2D eigenvalue weighted by Crippen LogP contribution is -2.42. The molecule has 3 heterocycles. The number of hydrogen-bond acceptors (Lipinski definition) is 6. The number of rotatable bonds is 5. The van der Waals surface area contributed by atoms with Crippen LogP contribution in [0.3, 0.4) is 0 Å². The minimum atomic E-state index is -0.863. The number of hydrogen-bond donors (Lipinski definition) is 2. The zero-order valence-corrected chi connectivity index (χ0v) is 16.2. The van der Waals surface area contributed by atoms with Crippen LogP contribution in [0, 0.1) is 5.82 Å². The summed E-state index contributed by atoms with van der Waals surface area (Å²) in [5.74, 6) is -0.213. The van der Waals surface area contributed by atoms with E-state index in [1.165, 1.54) is 12.1 Å². The van der Waals surface area contributed by atoms with Crippen molar-refractivity contribution in [1.82, 2.24) is 14.8 Å². The maximum absolute atomic E-state index is 13.0. The Morgan fingerprint density at radius 2 is 1.85 bits per heavy atom. The van der Waals surface area contributed by atoms with Gasteiger partial charge in [-0.1, -0.05) is 12.1 Å². The molecule has 0 spiro atoms. The lowest BCUT2D eigenvalue weighted by Gasteiger charge is -2.37. The van der Waals surface area contributed by atoms with Crippen LogP contribution < -0.4 is 0 Å². The number of aliphatic hydroxyl groups excluding tert-OH is 1. The summed E-state index contributed by atoms with van der Waals surface area (Å²) in [6.45, 7) is 4.71. The molecule has 2 aliphatic heterocycles. The normalized spacial score (nSPS) is 23.7. The topological polar surface area (TPSA) is 59.8 Å². The van der Waals surface area contributed by atoms with Crippen molar-refractivity contribution in [3.05, 3.63) is 51.7 Å². The van der Waals surface area contributed by atoms with Gasteiger partial charge in [0.15, 0.2) is 0 Å². The number of thiazole rings is 1. The fraction of sp³-hybridized carbons (Fsp3) is 0.550. The minimum absolute atomic E-state index is 0.213. The molecule has 1 atom stereocenters. The number of β-amino-alcohol motifs (C(OH)–C–C–N with tert-alkyl or cyclic N) is 1. The predicted molar refractivity (Wildman–Crippen MR) is 103 cm³/mol. The van der Waals surface area contributed by atoms with E-state index in [9.17, 15) is 14.6 Å². The molecule has 0 amide bonds. The molecular weight excluding hydrogens is 365 g/mol. The molecule has 27 heavy (non-hydrogen) atoms. The molecule has 0 bridgehead atoms. The molecule has 1 aromatic heterocycles. The van der Waals surface area contributed by atoms with E-state index in [0.717, 1.165) is 55.4 Å². The molecule has 2 N–H and O–H groups in total. The summed E-state index contributed by atoms with van der Waals surface area (Å²) in [7, 11) is 0. The molecule has 2 saturated heterocycles. The predicted octanol–water partition coefficient (Wildman–Crippen LogP) is 2.33. The maximum Gasteiger partial charge on any atom is 0.123 e. The molecule has 4 rings (SSSR count). The second-order valence-electron chi connectivity index (χ2n) is 7.74. The third-order valence-electron chi connectivity index (χ3n) is 5.64. The number of aliphatic hydroxyl groups is 2. The first-order chi connectivity index (χ1) is 13.0. The fourth-order valence-electron chi connectivity index (χ4n) is 3.93. The van der Waals surface area contributed by atoms with Crippen LogP contribution in [0.4, 0.5) is 4.39 Å². The van der Waals surface area contributed by atoms with Gasteiger partial charge in [0.2, 0.25) is 0 Å². The Hall–Kier alpha value is -1.38. The van der Waals surface area contributed by atoms with Crippen molar-refractivity contribution in [3.8, 4) is 0 Å². The van der Waals surface area contributed by atoms with E-state index in [1.54, 1.807) is 11.3 Å². The van der Waals surface area contributed by atoms with Crippen LogP contribution in [-0.4, -0.2) is 57.3 Å². The van der Waals surface area contributed by atoms with Crippen molar-refractivity contribution in [2.24, 2.45) is 0 Å². The maximum atomic E-state index is 13.0. The lowest BCUT2D eigenvalue weighted by molar-refractivity contribution is -0.0308. The van der Waals surface area contributed by atoms with Crippen molar-refractivity contribution in [1.29, 1.82) is 0 Å². The highest BCUT2D eigenvalue weighted by Crippen LogP contribution is 2.34. The van der Waals surface area contributed by atoms with Crippen LogP contribution in [0.25, 0.3) is 0 Å². The van der Waals surface area contributed by atoms with Gasteiger partial charge in [0.1, 0.15) is 16.4 Å². The van der Waals surface area contributed by atoms with Gasteiger partial charge in [-0.2, -0.15) is 0 Å². The molecule has 1 aromatic carbocycles. The van der Waals surface area contributed by atoms with E-state index < -0.39 is 5.60 Å². The summed E-state index contributed by atoms with van der Waals surface area (Å²) in [6, 6.07) is 6.62. The van der Waals surface area contributed by atoms with Gasteiger partial charge in [-0.3, -0.25) is 9.80 Å². The van der Waals surface area contributed by atoms with E-state index >= 15 is 0 Å². The van der Waals surface area contributed by atoms with Gasteiger partial charge >= 0.3 is 0 Å². The van der Waals surface area contributed by atoms with Gasteiger partial charge in [0, 0.05) is 38.1 Å². The molecular formula is C20H26FN3O2S. The fourth-order valence-corrected chi connectivity index (χ4v) is 4.86. The van der Waals surface area contributed by atoms with Gasteiger partial charge in [-0.05, 0) is 37.0 Å². The third-order valence-corrected chi connectivity index (χ3v) is 6.47. The zero-order chi connectivity index (χ0) is 18.9. The quantitative estimate of drug-likeness (QED) is 0.819. The highest BCUT2D eigenvalue weighted by atomic mass is 32.1. The molecule has 146 valence electrons. The van der Waals surface area contributed by atoms with Gasteiger partial charge in [0.25, 0.3) is 0 Å². The molecule has 2 aromatic rings.